The molecule has 0 saturated heterocycles. The molecule has 0 unspecified atom stereocenters. The molecule has 1 aliphatic rings. The number of benzene rings is 12. The molecule has 0 radical (unpaired) electrons. The number of rotatable bonds is 10. The summed E-state index contributed by atoms with van der Waals surface area (Å²) in [5, 5.41) is 2.48. The second-order valence-electron chi connectivity index (χ2n) is 19.6. The molecular weight excluding hydrogens is 905 g/mol. The molecule has 13 aromatic rings. The van der Waals surface area contributed by atoms with Gasteiger partial charge >= 0.3 is 0 Å². The lowest BCUT2D eigenvalue weighted by Crippen LogP contribution is -2.28. The fourth-order valence-corrected chi connectivity index (χ4v) is 12.0. The SMILES string of the molecule is c1ccc(-c2ccc(N(c3cccc(-c4cccc(-c5ccc6c7ccccc7n(-c7ccc(-c8ccccc8)cc7)c6c5)c4)c3)c3ccc4c(c3)C(c3ccccc3)(c3ccccc3)c3ccccc3-4)cc2)cc1. The van der Waals surface area contributed by atoms with E-state index in [0.717, 1.165) is 33.9 Å². The Morgan fingerprint density at radius 3 is 1.37 bits per heavy atom. The molecule has 12 aromatic carbocycles. The Bertz CT molecular complexity index is 4160. The van der Waals surface area contributed by atoms with E-state index in [1.54, 1.807) is 0 Å². The van der Waals surface area contributed by atoms with E-state index in [1.165, 1.54) is 88.6 Å². The number of para-hydroxylation sites is 1. The zero-order chi connectivity index (χ0) is 49.7. The molecule has 352 valence electrons. The van der Waals surface area contributed by atoms with E-state index in [4.69, 9.17) is 0 Å². The summed E-state index contributed by atoms with van der Waals surface area (Å²) in [5.41, 5.74) is 23.3. The van der Waals surface area contributed by atoms with Gasteiger partial charge in [-0.2, -0.15) is 0 Å². The number of aromatic nitrogens is 1. The van der Waals surface area contributed by atoms with Crippen molar-refractivity contribution < 1.29 is 0 Å². The first-order valence-electron chi connectivity index (χ1n) is 25.9. The van der Waals surface area contributed by atoms with E-state index >= 15 is 0 Å². The number of hydrogen-bond acceptors (Lipinski definition) is 1. The highest BCUT2D eigenvalue weighted by Crippen LogP contribution is 2.57. The molecule has 0 saturated carbocycles. The van der Waals surface area contributed by atoms with Gasteiger partial charge in [-0.1, -0.05) is 237 Å². The summed E-state index contributed by atoms with van der Waals surface area (Å²) in [4.78, 5) is 2.44. The normalized spacial score (nSPS) is 12.4. The van der Waals surface area contributed by atoms with Crippen LogP contribution in [-0.2, 0) is 5.41 Å². The lowest BCUT2D eigenvalue weighted by Gasteiger charge is -2.35. The average molecular weight is 955 g/mol. The lowest BCUT2D eigenvalue weighted by atomic mass is 9.67. The van der Waals surface area contributed by atoms with Gasteiger partial charge in [0.05, 0.1) is 16.4 Å². The van der Waals surface area contributed by atoms with Crippen molar-refractivity contribution in [3.8, 4) is 61.3 Å². The fourth-order valence-electron chi connectivity index (χ4n) is 12.0. The molecule has 0 spiro atoms. The summed E-state index contributed by atoms with van der Waals surface area (Å²) in [5.74, 6) is 0. The monoisotopic (exact) mass is 954 g/mol. The van der Waals surface area contributed by atoms with Crippen molar-refractivity contribution in [2.45, 2.75) is 5.41 Å². The van der Waals surface area contributed by atoms with Gasteiger partial charge < -0.3 is 9.47 Å². The standard InChI is InChI=1S/C73H50N2/c1-5-19-51(20-6-1)53-35-40-61(41-36-53)74(64-44-46-66-65-31-13-15-33-69(65)73(70(66)50-64,59-26-9-3-10-27-59)60-28-11-4-12-29-60)63-30-18-25-57(48-63)55-23-17-24-56(47-55)58-39-45-68-67-32-14-16-34-71(67)75(72(68)49-58)62-42-37-54(38-43-62)52-21-7-2-8-22-52/h1-50H. The maximum absolute atomic E-state index is 2.46. The predicted molar refractivity (Wildman–Crippen MR) is 315 cm³/mol. The second-order valence-corrected chi connectivity index (χ2v) is 19.6. The smallest absolute Gasteiger partial charge is 0.0714 e. The number of hydrogen-bond donors (Lipinski definition) is 0. The zero-order valence-corrected chi connectivity index (χ0v) is 41.3. The van der Waals surface area contributed by atoms with Gasteiger partial charge in [0.25, 0.3) is 0 Å². The molecule has 1 aliphatic carbocycles. The van der Waals surface area contributed by atoms with E-state index < -0.39 is 5.41 Å². The van der Waals surface area contributed by atoms with Crippen LogP contribution in [0.3, 0.4) is 0 Å². The van der Waals surface area contributed by atoms with Gasteiger partial charge in [0.1, 0.15) is 0 Å². The van der Waals surface area contributed by atoms with Gasteiger partial charge in [-0.05, 0) is 145 Å². The largest absolute Gasteiger partial charge is 0.310 e. The highest BCUT2D eigenvalue weighted by Gasteiger charge is 2.46. The molecule has 0 atom stereocenters. The van der Waals surface area contributed by atoms with Gasteiger partial charge in [0, 0.05) is 33.5 Å². The second kappa shape index (κ2) is 18.4. The molecule has 2 heteroatoms. The Morgan fingerprint density at radius 1 is 0.253 bits per heavy atom. The molecule has 0 amide bonds. The Labute approximate surface area is 438 Å². The summed E-state index contributed by atoms with van der Waals surface area (Å²) in [6.07, 6.45) is 0. The maximum atomic E-state index is 2.46. The first kappa shape index (κ1) is 44.0. The summed E-state index contributed by atoms with van der Waals surface area (Å²) in [6.45, 7) is 0. The van der Waals surface area contributed by atoms with Crippen molar-refractivity contribution >= 4 is 38.9 Å². The summed E-state index contributed by atoms with van der Waals surface area (Å²) >= 11 is 0. The summed E-state index contributed by atoms with van der Waals surface area (Å²) in [6, 6.07) is 111. The third-order valence-electron chi connectivity index (χ3n) is 15.5. The van der Waals surface area contributed by atoms with Crippen LogP contribution in [0.1, 0.15) is 22.3 Å². The maximum Gasteiger partial charge on any atom is 0.0714 e. The highest BCUT2D eigenvalue weighted by atomic mass is 15.1. The minimum atomic E-state index is -0.528. The quantitative estimate of drug-likeness (QED) is 0.133. The molecule has 0 N–H and O–H groups in total. The van der Waals surface area contributed by atoms with Crippen LogP contribution in [0, 0.1) is 0 Å². The van der Waals surface area contributed by atoms with Crippen LogP contribution < -0.4 is 4.90 Å². The van der Waals surface area contributed by atoms with Gasteiger partial charge in [-0.15, -0.1) is 0 Å². The van der Waals surface area contributed by atoms with Crippen LogP contribution in [0.4, 0.5) is 17.1 Å². The average Bonchev–Trinajstić information content (AvgIpc) is 4.07. The van der Waals surface area contributed by atoms with Crippen LogP contribution in [0.15, 0.2) is 303 Å². The van der Waals surface area contributed by atoms with Crippen LogP contribution in [-0.4, -0.2) is 4.57 Å². The van der Waals surface area contributed by atoms with Gasteiger partial charge in [0.15, 0.2) is 0 Å². The number of fused-ring (bicyclic) bond motifs is 6. The molecule has 14 rings (SSSR count). The lowest BCUT2D eigenvalue weighted by molar-refractivity contribution is 0.768. The molecule has 0 bridgehead atoms. The number of anilines is 3. The van der Waals surface area contributed by atoms with Crippen molar-refractivity contribution in [2.75, 3.05) is 4.90 Å². The van der Waals surface area contributed by atoms with Crippen molar-refractivity contribution in [3.05, 3.63) is 326 Å². The van der Waals surface area contributed by atoms with Crippen LogP contribution >= 0.6 is 0 Å². The van der Waals surface area contributed by atoms with Crippen molar-refractivity contribution in [1.82, 2.24) is 4.57 Å². The molecule has 2 nitrogen and oxygen atoms in total. The third kappa shape index (κ3) is 7.49. The van der Waals surface area contributed by atoms with Gasteiger partial charge in [-0.3, -0.25) is 0 Å². The van der Waals surface area contributed by atoms with E-state index in [0.29, 0.717) is 0 Å². The minimum absolute atomic E-state index is 0.528. The summed E-state index contributed by atoms with van der Waals surface area (Å²) < 4.78 is 2.42. The van der Waals surface area contributed by atoms with E-state index in [9.17, 15) is 0 Å². The van der Waals surface area contributed by atoms with Gasteiger partial charge in [-0.25, -0.2) is 0 Å². The molecular formula is C73H50N2. The van der Waals surface area contributed by atoms with Crippen LogP contribution in [0.25, 0.3) is 83.1 Å². The fraction of sp³-hybridized carbons (Fsp3) is 0.0137. The summed E-state index contributed by atoms with van der Waals surface area (Å²) in [7, 11) is 0. The van der Waals surface area contributed by atoms with Crippen molar-refractivity contribution in [2.24, 2.45) is 0 Å². The first-order chi connectivity index (χ1) is 37.2. The molecule has 1 heterocycles. The molecule has 75 heavy (non-hydrogen) atoms. The first-order valence-corrected chi connectivity index (χ1v) is 25.9. The van der Waals surface area contributed by atoms with E-state index in [1.807, 2.05) is 0 Å². The predicted octanol–water partition coefficient (Wildman–Crippen LogP) is 19.3. The van der Waals surface area contributed by atoms with Crippen molar-refractivity contribution in [1.29, 1.82) is 0 Å². The topological polar surface area (TPSA) is 8.17 Å². The Hall–Kier alpha value is -9.76. The molecule has 0 aliphatic heterocycles. The minimum Gasteiger partial charge on any atom is -0.310 e. The highest BCUT2D eigenvalue weighted by molar-refractivity contribution is 6.10. The molecule has 1 aromatic heterocycles. The van der Waals surface area contributed by atoms with E-state index in [-0.39, 0.29) is 0 Å². The Morgan fingerprint density at radius 2 is 0.707 bits per heavy atom. The number of nitrogens with zero attached hydrogens (tertiary/aromatic N) is 2. The van der Waals surface area contributed by atoms with Crippen LogP contribution in [0.5, 0.6) is 0 Å². The van der Waals surface area contributed by atoms with Crippen molar-refractivity contribution in [3.63, 3.8) is 0 Å². The van der Waals surface area contributed by atoms with Gasteiger partial charge in [0.2, 0.25) is 0 Å². The van der Waals surface area contributed by atoms with Crippen LogP contribution in [0.2, 0.25) is 0 Å². The Balaban J connectivity index is 0.891. The zero-order valence-electron chi connectivity index (χ0n) is 41.3. The third-order valence-corrected chi connectivity index (χ3v) is 15.5. The molecule has 0 fully saturated rings. The van der Waals surface area contributed by atoms with E-state index in [2.05, 4.69) is 313 Å². The Kier molecular flexibility index (Phi) is 10.8.